The fraction of sp³-hybridized carbons (Fsp3) is 0.111. The third-order valence-corrected chi connectivity index (χ3v) is 5.06. The van der Waals surface area contributed by atoms with Crippen LogP contribution in [0.15, 0.2) is 71.9 Å². The quantitative estimate of drug-likeness (QED) is 0.673. The lowest BCUT2D eigenvalue weighted by atomic mass is 10.2. The molecule has 8 heteroatoms. The Balaban J connectivity index is 1.72. The molecule has 0 atom stereocenters. The maximum absolute atomic E-state index is 12.5. The van der Waals surface area contributed by atoms with Crippen molar-refractivity contribution in [2.75, 3.05) is 11.8 Å². The molecule has 0 radical (unpaired) electrons. The van der Waals surface area contributed by atoms with Crippen LogP contribution in [0, 0.1) is 0 Å². The zero-order valence-corrected chi connectivity index (χ0v) is 14.8. The number of anilines is 1. The van der Waals surface area contributed by atoms with Crippen molar-refractivity contribution < 1.29 is 17.9 Å². The highest BCUT2D eigenvalue weighted by molar-refractivity contribution is 7.92. The van der Waals surface area contributed by atoms with Gasteiger partial charge in [-0.15, -0.1) is 0 Å². The van der Waals surface area contributed by atoms with Crippen LogP contribution in [0.3, 0.4) is 0 Å². The first kappa shape index (κ1) is 17.7. The first-order valence-corrected chi connectivity index (χ1v) is 9.24. The number of nitrogens with one attached hydrogen (secondary N) is 1. The van der Waals surface area contributed by atoms with E-state index in [0.29, 0.717) is 12.2 Å². The normalized spacial score (nSPS) is 11.1. The number of hydrogen-bond donors (Lipinski definition) is 1. The highest BCUT2D eigenvalue weighted by Crippen LogP contribution is 2.17. The number of rotatable bonds is 6. The van der Waals surface area contributed by atoms with E-state index in [0.717, 1.165) is 5.56 Å². The fourth-order valence-electron chi connectivity index (χ4n) is 2.38. The third-order valence-electron chi connectivity index (χ3n) is 3.66. The second kappa shape index (κ2) is 7.40. The van der Waals surface area contributed by atoms with E-state index in [2.05, 4.69) is 14.6 Å². The molecule has 0 spiro atoms. The highest BCUT2D eigenvalue weighted by Gasteiger charge is 2.16. The van der Waals surface area contributed by atoms with Crippen molar-refractivity contribution in [3.63, 3.8) is 0 Å². The summed E-state index contributed by atoms with van der Waals surface area (Å²) in [7, 11) is -2.51. The van der Waals surface area contributed by atoms with Crippen LogP contribution >= 0.6 is 0 Å². The van der Waals surface area contributed by atoms with Gasteiger partial charge < -0.3 is 4.74 Å². The predicted molar refractivity (Wildman–Crippen MR) is 96.4 cm³/mol. The Bertz CT molecular complexity index is 996. The Kier molecular flexibility index (Phi) is 5.04. The van der Waals surface area contributed by atoms with Gasteiger partial charge in [0.25, 0.3) is 10.0 Å². The van der Waals surface area contributed by atoms with Crippen LogP contribution in [-0.2, 0) is 21.3 Å². The van der Waals surface area contributed by atoms with E-state index in [1.165, 1.54) is 37.6 Å². The van der Waals surface area contributed by atoms with Gasteiger partial charge in [0.2, 0.25) is 0 Å². The molecule has 3 aromatic rings. The molecule has 0 saturated heterocycles. The smallest absolute Gasteiger partial charge is 0.337 e. The van der Waals surface area contributed by atoms with Crippen LogP contribution in [0.2, 0.25) is 0 Å². The summed E-state index contributed by atoms with van der Waals surface area (Å²) in [6.45, 7) is 0.538. The number of aromatic nitrogens is 2. The zero-order valence-electron chi connectivity index (χ0n) is 14.0. The molecule has 134 valence electrons. The molecule has 1 heterocycles. The summed E-state index contributed by atoms with van der Waals surface area (Å²) >= 11 is 0. The SMILES string of the molecule is COC(=O)c1ccc(S(=O)(=O)Nc2cnn(Cc3ccccc3)c2)cc1. The van der Waals surface area contributed by atoms with E-state index >= 15 is 0 Å². The van der Waals surface area contributed by atoms with Gasteiger partial charge in [-0.25, -0.2) is 13.2 Å². The number of sulfonamides is 1. The van der Waals surface area contributed by atoms with E-state index in [1.807, 2.05) is 30.3 Å². The van der Waals surface area contributed by atoms with E-state index in [4.69, 9.17) is 0 Å². The predicted octanol–water partition coefficient (Wildman–Crippen LogP) is 2.52. The average molecular weight is 371 g/mol. The number of hydrogen-bond acceptors (Lipinski definition) is 5. The minimum atomic E-state index is -3.78. The summed E-state index contributed by atoms with van der Waals surface area (Å²) < 4.78 is 33.6. The second-order valence-corrected chi connectivity index (χ2v) is 7.22. The maximum Gasteiger partial charge on any atom is 0.337 e. The first-order valence-electron chi connectivity index (χ1n) is 7.75. The molecule has 7 nitrogen and oxygen atoms in total. The molecule has 0 unspecified atom stereocenters. The largest absolute Gasteiger partial charge is 0.465 e. The van der Waals surface area contributed by atoms with Crippen LogP contribution in [0.4, 0.5) is 5.69 Å². The van der Waals surface area contributed by atoms with E-state index in [1.54, 1.807) is 10.9 Å². The van der Waals surface area contributed by atoms with Crippen molar-refractivity contribution in [3.05, 3.63) is 78.1 Å². The number of ether oxygens (including phenoxy) is 1. The van der Waals surface area contributed by atoms with Crippen LogP contribution in [0.1, 0.15) is 15.9 Å². The van der Waals surface area contributed by atoms with Crippen molar-refractivity contribution >= 4 is 21.7 Å². The molecule has 0 bridgehead atoms. The Morgan fingerprint density at radius 3 is 2.46 bits per heavy atom. The maximum atomic E-state index is 12.5. The van der Waals surface area contributed by atoms with Gasteiger partial charge in [0.05, 0.1) is 36.0 Å². The van der Waals surface area contributed by atoms with Gasteiger partial charge >= 0.3 is 5.97 Å². The lowest BCUT2D eigenvalue weighted by molar-refractivity contribution is 0.0600. The lowest BCUT2D eigenvalue weighted by Crippen LogP contribution is -2.13. The van der Waals surface area contributed by atoms with E-state index in [-0.39, 0.29) is 10.5 Å². The van der Waals surface area contributed by atoms with Crippen LogP contribution in [0.5, 0.6) is 0 Å². The van der Waals surface area contributed by atoms with Gasteiger partial charge in [0, 0.05) is 6.20 Å². The highest BCUT2D eigenvalue weighted by atomic mass is 32.2. The summed E-state index contributed by atoms with van der Waals surface area (Å²) in [5.74, 6) is -0.524. The van der Waals surface area contributed by atoms with E-state index < -0.39 is 16.0 Å². The van der Waals surface area contributed by atoms with Gasteiger partial charge in [0.15, 0.2) is 0 Å². The minimum Gasteiger partial charge on any atom is -0.465 e. The Morgan fingerprint density at radius 1 is 1.12 bits per heavy atom. The lowest BCUT2D eigenvalue weighted by Gasteiger charge is -2.06. The van der Waals surface area contributed by atoms with Gasteiger partial charge in [0.1, 0.15) is 0 Å². The van der Waals surface area contributed by atoms with Crippen molar-refractivity contribution in [3.8, 4) is 0 Å². The molecular weight excluding hydrogens is 354 g/mol. The molecule has 0 amide bonds. The number of esters is 1. The topological polar surface area (TPSA) is 90.3 Å². The van der Waals surface area contributed by atoms with Gasteiger partial charge in [-0.3, -0.25) is 9.40 Å². The minimum absolute atomic E-state index is 0.0426. The summed E-state index contributed by atoms with van der Waals surface area (Å²) in [6.07, 6.45) is 3.07. The summed E-state index contributed by atoms with van der Waals surface area (Å²) in [4.78, 5) is 11.5. The van der Waals surface area contributed by atoms with Crippen LogP contribution < -0.4 is 4.72 Å². The molecule has 0 saturated carbocycles. The third kappa shape index (κ3) is 4.09. The molecule has 0 fully saturated rings. The molecular formula is C18H17N3O4S. The molecule has 1 N–H and O–H groups in total. The molecule has 0 aliphatic carbocycles. The summed E-state index contributed by atoms with van der Waals surface area (Å²) in [5.41, 5.74) is 1.70. The Hall–Kier alpha value is -3.13. The standard InChI is InChI=1S/C18H17N3O4S/c1-25-18(22)15-7-9-17(10-8-15)26(23,24)20-16-11-19-21(13-16)12-14-5-3-2-4-6-14/h2-11,13,20H,12H2,1H3. The Labute approximate surface area is 151 Å². The molecule has 1 aromatic heterocycles. The number of methoxy groups -OCH3 is 1. The van der Waals surface area contributed by atoms with Gasteiger partial charge in [-0.1, -0.05) is 30.3 Å². The number of benzene rings is 2. The van der Waals surface area contributed by atoms with Crippen molar-refractivity contribution in [1.82, 2.24) is 9.78 Å². The molecule has 2 aromatic carbocycles. The monoisotopic (exact) mass is 371 g/mol. The summed E-state index contributed by atoms with van der Waals surface area (Å²) in [5, 5.41) is 4.17. The summed E-state index contributed by atoms with van der Waals surface area (Å²) in [6, 6.07) is 15.2. The van der Waals surface area contributed by atoms with Gasteiger partial charge in [-0.05, 0) is 29.8 Å². The zero-order chi connectivity index (χ0) is 18.6. The van der Waals surface area contributed by atoms with Crippen LogP contribution in [0.25, 0.3) is 0 Å². The Morgan fingerprint density at radius 2 is 1.81 bits per heavy atom. The molecule has 3 rings (SSSR count). The van der Waals surface area contributed by atoms with Crippen molar-refractivity contribution in [2.24, 2.45) is 0 Å². The van der Waals surface area contributed by atoms with Gasteiger partial charge in [-0.2, -0.15) is 5.10 Å². The first-order chi connectivity index (χ1) is 12.5. The van der Waals surface area contributed by atoms with Crippen molar-refractivity contribution in [2.45, 2.75) is 11.4 Å². The van der Waals surface area contributed by atoms with E-state index in [9.17, 15) is 13.2 Å². The second-order valence-electron chi connectivity index (χ2n) is 5.53. The average Bonchev–Trinajstić information content (AvgIpc) is 3.08. The number of carbonyl (C=O) groups excluding carboxylic acids is 1. The van der Waals surface area contributed by atoms with Crippen molar-refractivity contribution in [1.29, 1.82) is 0 Å². The number of carbonyl (C=O) groups is 1. The van der Waals surface area contributed by atoms with Crippen LogP contribution in [-0.4, -0.2) is 31.3 Å². The molecule has 26 heavy (non-hydrogen) atoms. The molecule has 0 aliphatic rings. The molecule has 0 aliphatic heterocycles. The number of nitrogens with zero attached hydrogens (tertiary/aromatic N) is 2. The fourth-order valence-corrected chi connectivity index (χ4v) is 3.40.